The molecule has 2 atom stereocenters. The lowest BCUT2D eigenvalue weighted by molar-refractivity contribution is 0.388. The number of rotatable bonds is 4. The Labute approximate surface area is 188 Å². The molecule has 0 amide bonds. The van der Waals surface area contributed by atoms with E-state index in [-0.39, 0.29) is 23.6 Å². The van der Waals surface area contributed by atoms with Crippen molar-refractivity contribution in [2.24, 2.45) is 9.98 Å². The third-order valence-corrected chi connectivity index (χ3v) is 6.56. The minimum absolute atomic E-state index is 0.0104. The maximum absolute atomic E-state index is 10.3. The van der Waals surface area contributed by atoms with Crippen LogP contribution >= 0.6 is 23.2 Å². The van der Waals surface area contributed by atoms with Crippen LogP contribution in [0.3, 0.4) is 0 Å². The summed E-state index contributed by atoms with van der Waals surface area (Å²) in [5.41, 5.74) is 4.47. The lowest BCUT2D eigenvalue weighted by Gasteiger charge is -2.27. The number of phenols is 2. The average molecular weight is 447 g/mol. The second-order valence-electron chi connectivity index (χ2n) is 8.09. The van der Waals surface area contributed by atoms with Crippen LogP contribution in [0.15, 0.2) is 34.3 Å². The SMILES string of the molecule is CC(=N[C@H]1CCCC[C@@H]1N=C(C)c1cc(Cl)c(C)cc1O)c1cc(Cl)c(C)cc1O. The van der Waals surface area contributed by atoms with Crippen LogP contribution in [0.25, 0.3) is 0 Å². The number of nitrogens with zero attached hydrogens (tertiary/aromatic N) is 2. The first-order valence-corrected chi connectivity index (χ1v) is 11.0. The van der Waals surface area contributed by atoms with Gasteiger partial charge in [0, 0.05) is 32.6 Å². The zero-order chi connectivity index (χ0) is 22.0. The van der Waals surface area contributed by atoms with Crippen LogP contribution in [0.4, 0.5) is 0 Å². The highest BCUT2D eigenvalue weighted by Gasteiger charge is 2.25. The molecule has 1 aliphatic carbocycles. The van der Waals surface area contributed by atoms with Crippen molar-refractivity contribution in [3.63, 3.8) is 0 Å². The molecule has 1 fully saturated rings. The third kappa shape index (κ3) is 4.98. The Morgan fingerprint density at radius 1 is 0.767 bits per heavy atom. The van der Waals surface area contributed by atoms with Crippen LogP contribution in [0, 0.1) is 13.8 Å². The highest BCUT2D eigenvalue weighted by atomic mass is 35.5. The number of benzene rings is 2. The lowest BCUT2D eigenvalue weighted by atomic mass is 9.90. The van der Waals surface area contributed by atoms with Crippen LogP contribution in [-0.2, 0) is 0 Å². The standard InChI is InChI=1S/C24H28Cl2N2O2/c1-13-9-23(29)17(11-19(13)25)15(3)27-21-7-5-6-8-22(21)28-16(4)18-12-20(26)14(2)10-24(18)30/h9-12,21-22,29-30H,5-8H2,1-4H3/t21-,22-/m0/s1. The molecule has 0 unspecified atom stereocenters. The van der Waals surface area contributed by atoms with Crippen molar-refractivity contribution in [3.05, 3.63) is 56.6 Å². The van der Waals surface area contributed by atoms with E-state index in [1.807, 2.05) is 27.7 Å². The van der Waals surface area contributed by atoms with E-state index in [0.29, 0.717) is 21.2 Å². The summed E-state index contributed by atoms with van der Waals surface area (Å²) >= 11 is 12.5. The first kappa shape index (κ1) is 22.6. The van der Waals surface area contributed by atoms with Gasteiger partial charge >= 0.3 is 0 Å². The number of aryl methyl sites for hydroxylation is 2. The maximum Gasteiger partial charge on any atom is 0.124 e. The zero-order valence-corrected chi connectivity index (χ0v) is 19.3. The number of aliphatic imine (C=N–C) groups is 2. The second kappa shape index (κ2) is 9.40. The molecule has 4 nitrogen and oxygen atoms in total. The molecule has 2 N–H and O–H groups in total. The molecule has 0 bridgehead atoms. The molecule has 0 aliphatic heterocycles. The summed E-state index contributed by atoms with van der Waals surface area (Å²) in [6, 6.07) is 6.89. The van der Waals surface area contributed by atoms with E-state index < -0.39 is 0 Å². The fourth-order valence-electron chi connectivity index (χ4n) is 3.94. The first-order valence-electron chi connectivity index (χ1n) is 10.2. The molecular weight excluding hydrogens is 419 g/mol. The zero-order valence-electron chi connectivity index (χ0n) is 17.8. The summed E-state index contributed by atoms with van der Waals surface area (Å²) in [4.78, 5) is 9.84. The highest BCUT2D eigenvalue weighted by molar-refractivity contribution is 6.32. The van der Waals surface area contributed by atoms with Crippen LogP contribution in [-0.4, -0.2) is 33.7 Å². The summed E-state index contributed by atoms with van der Waals surface area (Å²) in [5.74, 6) is 0.369. The maximum atomic E-state index is 10.3. The fraction of sp³-hybridized carbons (Fsp3) is 0.417. The van der Waals surface area contributed by atoms with Crippen LogP contribution < -0.4 is 0 Å². The normalized spacial score (nSPS) is 20.5. The van der Waals surface area contributed by atoms with Crippen LogP contribution in [0.5, 0.6) is 11.5 Å². The number of hydrogen-bond donors (Lipinski definition) is 2. The summed E-state index contributed by atoms with van der Waals surface area (Å²) in [6.45, 7) is 7.52. The smallest absolute Gasteiger partial charge is 0.124 e. The van der Waals surface area contributed by atoms with E-state index in [9.17, 15) is 10.2 Å². The quantitative estimate of drug-likeness (QED) is 0.516. The second-order valence-corrected chi connectivity index (χ2v) is 8.90. The van der Waals surface area contributed by atoms with Gasteiger partial charge in [-0.3, -0.25) is 9.98 Å². The van der Waals surface area contributed by atoms with Crippen molar-refractivity contribution >= 4 is 34.6 Å². The molecule has 0 heterocycles. The summed E-state index contributed by atoms with van der Waals surface area (Å²) in [5, 5.41) is 21.9. The molecule has 0 spiro atoms. The molecule has 2 aromatic rings. The Bertz CT molecular complexity index is 933. The van der Waals surface area contributed by atoms with Gasteiger partial charge in [0.25, 0.3) is 0 Å². The van der Waals surface area contributed by atoms with Gasteiger partial charge in [-0.25, -0.2) is 0 Å². The number of hydrogen-bond acceptors (Lipinski definition) is 4. The van der Waals surface area contributed by atoms with Gasteiger partial charge in [-0.15, -0.1) is 0 Å². The van der Waals surface area contributed by atoms with Crippen molar-refractivity contribution < 1.29 is 10.2 Å². The Balaban J connectivity index is 1.92. The summed E-state index contributed by atoms with van der Waals surface area (Å²) < 4.78 is 0. The number of halogens is 2. The Kier molecular flexibility index (Phi) is 7.10. The van der Waals surface area contributed by atoms with Gasteiger partial charge in [0.05, 0.1) is 12.1 Å². The lowest BCUT2D eigenvalue weighted by Crippen LogP contribution is -2.29. The Morgan fingerprint density at radius 3 is 1.50 bits per heavy atom. The highest BCUT2D eigenvalue weighted by Crippen LogP contribution is 2.31. The minimum atomic E-state index is 0.0104. The van der Waals surface area contributed by atoms with E-state index in [1.165, 1.54) is 0 Å². The van der Waals surface area contributed by atoms with E-state index in [0.717, 1.165) is 48.2 Å². The first-order chi connectivity index (χ1) is 14.2. The van der Waals surface area contributed by atoms with Crippen molar-refractivity contribution in [3.8, 4) is 11.5 Å². The van der Waals surface area contributed by atoms with Crippen LogP contribution in [0.2, 0.25) is 10.0 Å². The van der Waals surface area contributed by atoms with Gasteiger partial charge in [0.15, 0.2) is 0 Å². The molecule has 6 heteroatoms. The van der Waals surface area contributed by atoms with E-state index in [1.54, 1.807) is 24.3 Å². The predicted octanol–water partition coefficient (Wildman–Crippen LogP) is 6.65. The van der Waals surface area contributed by atoms with Crippen molar-refractivity contribution in [1.82, 2.24) is 0 Å². The molecule has 30 heavy (non-hydrogen) atoms. The molecule has 160 valence electrons. The Morgan fingerprint density at radius 2 is 1.13 bits per heavy atom. The topological polar surface area (TPSA) is 65.2 Å². The monoisotopic (exact) mass is 446 g/mol. The van der Waals surface area contributed by atoms with Gasteiger partial charge in [-0.2, -0.15) is 0 Å². The fourth-order valence-corrected chi connectivity index (χ4v) is 4.27. The van der Waals surface area contributed by atoms with E-state index in [4.69, 9.17) is 33.2 Å². The minimum Gasteiger partial charge on any atom is -0.507 e. The van der Waals surface area contributed by atoms with E-state index >= 15 is 0 Å². The van der Waals surface area contributed by atoms with Crippen LogP contribution in [0.1, 0.15) is 61.8 Å². The molecule has 0 aromatic heterocycles. The summed E-state index contributed by atoms with van der Waals surface area (Å²) in [7, 11) is 0. The summed E-state index contributed by atoms with van der Waals surface area (Å²) in [6.07, 6.45) is 4.04. The molecule has 0 saturated heterocycles. The van der Waals surface area contributed by atoms with Gasteiger partial charge in [0.1, 0.15) is 11.5 Å². The largest absolute Gasteiger partial charge is 0.507 e. The third-order valence-electron chi connectivity index (χ3n) is 5.75. The van der Waals surface area contributed by atoms with Gasteiger partial charge in [0.2, 0.25) is 0 Å². The Hall–Kier alpha value is -2.04. The molecule has 1 aliphatic rings. The van der Waals surface area contributed by atoms with Gasteiger partial charge < -0.3 is 10.2 Å². The van der Waals surface area contributed by atoms with Crippen molar-refractivity contribution in [2.45, 2.75) is 65.5 Å². The van der Waals surface area contributed by atoms with Crippen molar-refractivity contribution in [2.75, 3.05) is 0 Å². The molecular formula is C24H28Cl2N2O2. The number of aromatic hydroxyl groups is 2. The van der Waals surface area contributed by atoms with Gasteiger partial charge in [-0.05, 0) is 75.9 Å². The average Bonchev–Trinajstić information content (AvgIpc) is 2.68. The molecule has 1 saturated carbocycles. The molecule has 0 radical (unpaired) electrons. The molecule has 3 rings (SSSR count). The number of phenolic OH excluding ortho intramolecular Hbond substituents is 2. The van der Waals surface area contributed by atoms with Gasteiger partial charge in [-0.1, -0.05) is 36.0 Å². The molecule has 2 aromatic carbocycles. The predicted molar refractivity (Wildman–Crippen MR) is 126 cm³/mol. The van der Waals surface area contributed by atoms with E-state index in [2.05, 4.69) is 0 Å². The van der Waals surface area contributed by atoms with Crippen molar-refractivity contribution in [1.29, 1.82) is 0 Å².